The quantitative estimate of drug-likeness (QED) is 0.430. The lowest BCUT2D eigenvalue weighted by Crippen LogP contribution is -2.49. The molecule has 1 aliphatic carbocycles. The fraction of sp³-hybridized carbons (Fsp3) is 0.769. The van der Waals surface area contributed by atoms with E-state index in [1.165, 1.54) is 25.2 Å². The number of esters is 1. The molecule has 0 N–H and O–H groups in total. The lowest BCUT2D eigenvalue weighted by molar-refractivity contribution is -0.136. The van der Waals surface area contributed by atoms with Crippen LogP contribution in [0.3, 0.4) is 0 Å². The van der Waals surface area contributed by atoms with Gasteiger partial charge in [-0.25, -0.2) is 4.79 Å². The Kier molecular flexibility index (Phi) is 3.21. The molecule has 0 aromatic carbocycles. The molecule has 96 valence electrons. The molecule has 0 saturated carbocycles. The fourth-order valence-electron chi connectivity index (χ4n) is 3.56. The summed E-state index contributed by atoms with van der Waals surface area (Å²) in [5.41, 5.74) is 0.830. The largest absolute Gasteiger partial charge is 0.466 e. The second-order valence-corrected chi connectivity index (χ2v) is 10.7. The van der Waals surface area contributed by atoms with Gasteiger partial charge in [0.15, 0.2) is 0 Å². The molecule has 1 saturated heterocycles. The number of carbonyl (C=O) groups is 1. The molecular formula is C13H22O3Si. The summed E-state index contributed by atoms with van der Waals surface area (Å²) in [5.74, 6) is -0.175. The molecule has 0 spiro atoms. The topological polar surface area (TPSA) is 38.8 Å². The van der Waals surface area contributed by atoms with Crippen molar-refractivity contribution in [2.24, 2.45) is 0 Å². The minimum Gasteiger partial charge on any atom is -0.466 e. The molecule has 1 fully saturated rings. The van der Waals surface area contributed by atoms with E-state index in [1.807, 2.05) is 6.08 Å². The molecule has 1 heterocycles. The predicted octanol–water partition coefficient (Wildman–Crippen LogP) is 2.67. The van der Waals surface area contributed by atoms with Gasteiger partial charge in [-0.1, -0.05) is 38.9 Å². The minimum absolute atomic E-state index is 0.0226. The number of carbonyl (C=O) groups excluding carboxylic acids is 1. The van der Waals surface area contributed by atoms with Crippen LogP contribution in [0.15, 0.2) is 11.6 Å². The SMILES string of the molecule is CC[Si](CC)(CC)[C@]12CC(C(=O)OC)=C[C@H]1O2. The van der Waals surface area contributed by atoms with Crippen LogP contribution in [0.2, 0.25) is 18.1 Å². The number of rotatable bonds is 5. The minimum atomic E-state index is -1.42. The number of ether oxygens (including phenoxy) is 2. The van der Waals surface area contributed by atoms with Crippen LogP contribution in [0.4, 0.5) is 0 Å². The zero-order chi connectivity index (χ0) is 12.7. The Morgan fingerprint density at radius 3 is 2.53 bits per heavy atom. The van der Waals surface area contributed by atoms with E-state index in [0.29, 0.717) is 0 Å². The molecule has 0 unspecified atom stereocenters. The second kappa shape index (κ2) is 4.25. The van der Waals surface area contributed by atoms with Crippen LogP contribution in [0.5, 0.6) is 0 Å². The summed E-state index contributed by atoms with van der Waals surface area (Å²) in [6.07, 6.45) is 2.98. The first-order valence-corrected chi connectivity index (χ1v) is 9.18. The zero-order valence-electron chi connectivity index (χ0n) is 11.2. The third kappa shape index (κ3) is 1.61. The first-order chi connectivity index (χ1) is 8.09. The normalized spacial score (nSPS) is 30.8. The van der Waals surface area contributed by atoms with Crippen molar-refractivity contribution in [3.63, 3.8) is 0 Å². The standard InChI is InChI=1S/C13H22O3Si/c1-5-17(6-2,7-3)13-9-10(12(14)15-4)8-11(13)16-13/h8,11H,5-7,9H2,1-4H3/t11-,13-/m1/s1. The average Bonchev–Trinajstić information content (AvgIpc) is 2.94. The van der Waals surface area contributed by atoms with Crippen molar-refractivity contribution in [1.82, 2.24) is 0 Å². The first kappa shape index (κ1) is 12.8. The van der Waals surface area contributed by atoms with E-state index < -0.39 is 8.07 Å². The first-order valence-electron chi connectivity index (χ1n) is 6.56. The molecule has 3 nitrogen and oxygen atoms in total. The summed E-state index contributed by atoms with van der Waals surface area (Å²) >= 11 is 0. The number of epoxide rings is 1. The van der Waals surface area contributed by atoms with Crippen LogP contribution in [0.25, 0.3) is 0 Å². The molecule has 2 rings (SSSR count). The van der Waals surface area contributed by atoms with Gasteiger partial charge in [0.1, 0.15) is 6.10 Å². The van der Waals surface area contributed by atoms with E-state index in [9.17, 15) is 4.79 Å². The maximum Gasteiger partial charge on any atom is 0.333 e. The van der Waals surface area contributed by atoms with E-state index in [0.717, 1.165) is 12.0 Å². The monoisotopic (exact) mass is 254 g/mol. The molecule has 4 heteroatoms. The number of hydrogen-bond acceptors (Lipinski definition) is 3. The number of fused-ring (bicyclic) bond motifs is 1. The molecule has 2 atom stereocenters. The second-order valence-electron chi connectivity index (χ2n) is 5.13. The predicted molar refractivity (Wildman–Crippen MR) is 69.5 cm³/mol. The van der Waals surface area contributed by atoms with Gasteiger partial charge in [-0.15, -0.1) is 0 Å². The van der Waals surface area contributed by atoms with Gasteiger partial charge in [-0.3, -0.25) is 0 Å². The zero-order valence-corrected chi connectivity index (χ0v) is 12.2. The third-order valence-electron chi connectivity index (χ3n) is 4.92. The van der Waals surface area contributed by atoms with Crippen molar-refractivity contribution in [3.8, 4) is 0 Å². The van der Waals surface area contributed by atoms with E-state index >= 15 is 0 Å². The molecule has 2 aliphatic rings. The molecule has 0 bridgehead atoms. The van der Waals surface area contributed by atoms with Gasteiger partial charge in [0.25, 0.3) is 0 Å². The van der Waals surface area contributed by atoms with E-state index in [4.69, 9.17) is 9.47 Å². The van der Waals surface area contributed by atoms with Crippen LogP contribution in [-0.4, -0.2) is 32.5 Å². The number of hydrogen-bond donors (Lipinski definition) is 0. The van der Waals surface area contributed by atoms with Gasteiger partial charge in [0.2, 0.25) is 0 Å². The van der Waals surface area contributed by atoms with Gasteiger partial charge in [0, 0.05) is 12.0 Å². The highest BCUT2D eigenvalue weighted by Crippen LogP contribution is 2.57. The maximum atomic E-state index is 11.6. The van der Waals surface area contributed by atoms with Crippen molar-refractivity contribution >= 4 is 14.0 Å². The molecule has 0 radical (unpaired) electrons. The fourth-order valence-corrected chi connectivity index (χ4v) is 8.49. The number of methoxy groups -OCH3 is 1. The summed E-state index contributed by atoms with van der Waals surface area (Å²) < 4.78 is 10.8. The Hall–Kier alpha value is -0.613. The smallest absolute Gasteiger partial charge is 0.333 e. The van der Waals surface area contributed by atoms with Gasteiger partial charge in [-0.2, -0.15) is 0 Å². The van der Waals surface area contributed by atoms with Gasteiger partial charge in [0.05, 0.1) is 20.4 Å². The Balaban J connectivity index is 2.20. The van der Waals surface area contributed by atoms with E-state index in [-0.39, 0.29) is 17.3 Å². The molecular weight excluding hydrogens is 232 g/mol. The molecule has 1 aliphatic heterocycles. The van der Waals surface area contributed by atoms with Gasteiger partial charge < -0.3 is 9.47 Å². The Morgan fingerprint density at radius 2 is 2.06 bits per heavy atom. The van der Waals surface area contributed by atoms with E-state index in [2.05, 4.69) is 20.8 Å². The molecule has 0 aromatic heterocycles. The van der Waals surface area contributed by atoms with Gasteiger partial charge >= 0.3 is 5.97 Å². The van der Waals surface area contributed by atoms with E-state index in [1.54, 1.807) is 0 Å². The average molecular weight is 254 g/mol. The highest BCUT2D eigenvalue weighted by atomic mass is 28.3. The van der Waals surface area contributed by atoms with Crippen LogP contribution in [-0.2, 0) is 14.3 Å². The van der Waals surface area contributed by atoms with Crippen molar-refractivity contribution in [2.45, 2.75) is 56.7 Å². The van der Waals surface area contributed by atoms with Crippen molar-refractivity contribution < 1.29 is 14.3 Å². The third-order valence-corrected chi connectivity index (χ3v) is 11.4. The van der Waals surface area contributed by atoms with Crippen LogP contribution in [0, 0.1) is 0 Å². The van der Waals surface area contributed by atoms with Crippen LogP contribution < -0.4 is 0 Å². The van der Waals surface area contributed by atoms with Crippen LogP contribution in [0.1, 0.15) is 27.2 Å². The highest BCUT2D eigenvalue weighted by molar-refractivity contribution is 6.83. The summed E-state index contributed by atoms with van der Waals surface area (Å²) in [5, 5.41) is 0.0226. The summed E-state index contributed by atoms with van der Waals surface area (Å²) in [7, 11) is 0.0322. The Labute approximate surface area is 104 Å². The Bertz CT molecular complexity index is 351. The van der Waals surface area contributed by atoms with Crippen molar-refractivity contribution in [1.29, 1.82) is 0 Å². The van der Waals surface area contributed by atoms with Crippen LogP contribution >= 0.6 is 0 Å². The maximum absolute atomic E-state index is 11.6. The Morgan fingerprint density at radius 1 is 1.47 bits per heavy atom. The summed E-state index contributed by atoms with van der Waals surface area (Å²) in [6.45, 7) is 6.84. The molecule has 0 amide bonds. The van der Waals surface area contributed by atoms with Gasteiger partial charge in [-0.05, 0) is 6.08 Å². The molecule has 0 aromatic rings. The highest BCUT2D eigenvalue weighted by Gasteiger charge is 2.69. The van der Waals surface area contributed by atoms with Crippen molar-refractivity contribution in [3.05, 3.63) is 11.6 Å². The summed E-state index contributed by atoms with van der Waals surface area (Å²) in [4.78, 5) is 11.6. The van der Waals surface area contributed by atoms with Crippen molar-refractivity contribution in [2.75, 3.05) is 7.11 Å². The lowest BCUT2D eigenvalue weighted by Gasteiger charge is -2.34. The lowest BCUT2D eigenvalue weighted by atomic mass is 10.2. The summed E-state index contributed by atoms with van der Waals surface area (Å²) in [6, 6.07) is 3.70. The molecule has 17 heavy (non-hydrogen) atoms.